The Morgan fingerprint density at radius 3 is 2.86 bits per heavy atom. The van der Waals surface area contributed by atoms with Crippen molar-refractivity contribution in [1.29, 1.82) is 0 Å². The molecule has 6 heteroatoms. The number of hydrogen-bond donors (Lipinski definition) is 0. The Balaban J connectivity index is 1.45. The van der Waals surface area contributed by atoms with Crippen LogP contribution in [-0.2, 0) is 6.42 Å². The second-order valence-corrected chi connectivity index (χ2v) is 7.21. The lowest BCUT2D eigenvalue weighted by Gasteiger charge is -2.31. The van der Waals surface area contributed by atoms with Crippen LogP contribution < -0.4 is 0 Å². The Morgan fingerprint density at radius 1 is 1.21 bits per heavy atom. The third-order valence-corrected chi connectivity index (χ3v) is 5.11. The summed E-state index contributed by atoms with van der Waals surface area (Å²) in [5.41, 5.74) is 2.06. The van der Waals surface area contributed by atoms with Crippen molar-refractivity contribution in [3.05, 3.63) is 83.1 Å². The van der Waals surface area contributed by atoms with Crippen LogP contribution in [-0.4, -0.2) is 33.9 Å². The van der Waals surface area contributed by atoms with Gasteiger partial charge in [0.05, 0.1) is 17.7 Å². The molecule has 1 atom stereocenters. The minimum atomic E-state index is -0.249. The van der Waals surface area contributed by atoms with Crippen molar-refractivity contribution in [3.63, 3.8) is 0 Å². The highest BCUT2D eigenvalue weighted by Crippen LogP contribution is 2.28. The lowest BCUT2D eigenvalue weighted by molar-refractivity contribution is 0.0697. The lowest BCUT2D eigenvalue weighted by atomic mass is 9.97. The SMILES string of the molecule is Cc1ccc(C(=O)N2CCC[C@H](c3ncc(Cc4ccccc4F)o3)C2)cn1. The van der Waals surface area contributed by atoms with E-state index in [4.69, 9.17) is 4.42 Å². The van der Waals surface area contributed by atoms with Crippen LogP contribution in [0, 0.1) is 12.7 Å². The summed E-state index contributed by atoms with van der Waals surface area (Å²) < 4.78 is 19.8. The topological polar surface area (TPSA) is 59.2 Å². The fourth-order valence-electron chi connectivity index (χ4n) is 3.56. The predicted molar refractivity (Wildman–Crippen MR) is 103 cm³/mol. The van der Waals surface area contributed by atoms with Gasteiger partial charge in [-0.3, -0.25) is 9.78 Å². The highest BCUT2D eigenvalue weighted by molar-refractivity contribution is 5.94. The normalized spacial score (nSPS) is 16.9. The van der Waals surface area contributed by atoms with Crippen molar-refractivity contribution in [2.24, 2.45) is 0 Å². The van der Waals surface area contributed by atoms with Crippen LogP contribution in [0.5, 0.6) is 0 Å². The van der Waals surface area contributed by atoms with Gasteiger partial charge < -0.3 is 9.32 Å². The van der Waals surface area contributed by atoms with E-state index in [2.05, 4.69) is 9.97 Å². The number of piperidine rings is 1. The molecule has 0 aliphatic carbocycles. The van der Waals surface area contributed by atoms with Gasteiger partial charge in [-0.2, -0.15) is 0 Å². The molecule has 0 radical (unpaired) electrons. The molecule has 0 unspecified atom stereocenters. The first-order valence-corrected chi connectivity index (χ1v) is 9.50. The van der Waals surface area contributed by atoms with Gasteiger partial charge in [-0.25, -0.2) is 9.37 Å². The van der Waals surface area contributed by atoms with Crippen molar-refractivity contribution in [2.75, 3.05) is 13.1 Å². The van der Waals surface area contributed by atoms with E-state index in [-0.39, 0.29) is 17.6 Å². The molecular formula is C22H22FN3O2. The predicted octanol–water partition coefficient (Wildman–Crippen LogP) is 4.13. The van der Waals surface area contributed by atoms with Gasteiger partial charge in [0.1, 0.15) is 11.6 Å². The number of hydrogen-bond acceptors (Lipinski definition) is 4. The number of carbonyl (C=O) groups is 1. The summed E-state index contributed by atoms with van der Waals surface area (Å²) >= 11 is 0. The number of halogens is 1. The van der Waals surface area contributed by atoms with E-state index in [9.17, 15) is 9.18 Å². The van der Waals surface area contributed by atoms with Crippen LogP contribution in [0.25, 0.3) is 0 Å². The van der Waals surface area contributed by atoms with Crippen molar-refractivity contribution in [2.45, 2.75) is 32.1 Å². The lowest BCUT2D eigenvalue weighted by Crippen LogP contribution is -2.39. The highest BCUT2D eigenvalue weighted by Gasteiger charge is 2.28. The molecule has 0 saturated carbocycles. The molecule has 3 heterocycles. The second kappa shape index (κ2) is 7.92. The van der Waals surface area contributed by atoms with Crippen molar-refractivity contribution >= 4 is 5.91 Å². The maximum absolute atomic E-state index is 13.9. The van der Waals surface area contributed by atoms with Crippen LogP contribution in [0.2, 0.25) is 0 Å². The Labute approximate surface area is 163 Å². The number of aryl methyl sites for hydroxylation is 1. The van der Waals surface area contributed by atoms with Gasteiger partial charge in [0.25, 0.3) is 5.91 Å². The smallest absolute Gasteiger partial charge is 0.255 e. The van der Waals surface area contributed by atoms with Crippen LogP contribution in [0.3, 0.4) is 0 Å². The number of oxazole rings is 1. The summed E-state index contributed by atoms with van der Waals surface area (Å²) in [4.78, 5) is 23.2. The summed E-state index contributed by atoms with van der Waals surface area (Å²) in [6.45, 7) is 3.17. The monoisotopic (exact) mass is 379 g/mol. The van der Waals surface area contributed by atoms with Crippen molar-refractivity contribution < 1.29 is 13.6 Å². The molecule has 1 fully saturated rings. The molecule has 0 bridgehead atoms. The average Bonchev–Trinajstić information content (AvgIpc) is 3.19. The minimum absolute atomic E-state index is 0.0182. The first kappa shape index (κ1) is 18.3. The fraction of sp³-hybridized carbons (Fsp3) is 0.318. The third kappa shape index (κ3) is 3.96. The molecule has 144 valence electrons. The zero-order valence-corrected chi connectivity index (χ0v) is 15.8. The number of pyridine rings is 1. The summed E-state index contributed by atoms with van der Waals surface area (Å²) in [7, 11) is 0. The molecule has 4 rings (SSSR count). The second-order valence-electron chi connectivity index (χ2n) is 7.21. The van der Waals surface area contributed by atoms with E-state index >= 15 is 0 Å². The molecule has 3 aromatic rings. The largest absolute Gasteiger partial charge is 0.445 e. The Kier molecular flexibility index (Phi) is 5.19. The average molecular weight is 379 g/mol. The molecule has 1 aromatic carbocycles. The molecule has 1 aliphatic heterocycles. The van der Waals surface area contributed by atoms with Gasteiger partial charge in [-0.15, -0.1) is 0 Å². The standard InChI is InChI=1S/C22H22FN3O2/c1-15-8-9-17(12-24-15)22(27)26-10-4-6-18(14-26)21-25-13-19(28-21)11-16-5-2-3-7-20(16)23/h2-3,5,7-9,12-13,18H,4,6,10-11,14H2,1H3/t18-/m0/s1. The first-order valence-electron chi connectivity index (χ1n) is 9.50. The Bertz CT molecular complexity index is 968. The van der Waals surface area contributed by atoms with Gasteiger partial charge in [0.2, 0.25) is 0 Å². The summed E-state index contributed by atoms with van der Waals surface area (Å²) in [5, 5.41) is 0. The number of amides is 1. The van der Waals surface area contributed by atoms with Crippen molar-refractivity contribution in [1.82, 2.24) is 14.9 Å². The summed E-state index contributed by atoms with van der Waals surface area (Å²) in [6.07, 6.45) is 5.45. The van der Waals surface area contributed by atoms with E-state index in [0.29, 0.717) is 42.3 Å². The summed E-state index contributed by atoms with van der Waals surface area (Å²) in [5.74, 6) is 1.03. The maximum Gasteiger partial charge on any atom is 0.255 e. The van der Waals surface area contributed by atoms with Crippen LogP contribution >= 0.6 is 0 Å². The van der Waals surface area contributed by atoms with E-state index in [0.717, 1.165) is 18.5 Å². The molecule has 28 heavy (non-hydrogen) atoms. The number of likely N-dealkylation sites (tertiary alicyclic amines) is 1. The fourth-order valence-corrected chi connectivity index (χ4v) is 3.56. The molecule has 5 nitrogen and oxygen atoms in total. The summed E-state index contributed by atoms with van der Waals surface area (Å²) in [6, 6.07) is 10.3. The Morgan fingerprint density at radius 2 is 2.07 bits per heavy atom. The van der Waals surface area contributed by atoms with Crippen LogP contribution in [0.4, 0.5) is 4.39 Å². The minimum Gasteiger partial charge on any atom is -0.445 e. The number of carbonyl (C=O) groups excluding carboxylic acids is 1. The van der Waals surface area contributed by atoms with Gasteiger partial charge in [0, 0.05) is 31.4 Å². The quantitative estimate of drug-likeness (QED) is 0.684. The molecule has 0 spiro atoms. The zero-order chi connectivity index (χ0) is 19.5. The molecule has 1 saturated heterocycles. The first-order chi connectivity index (χ1) is 13.6. The molecule has 0 N–H and O–H groups in total. The van der Waals surface area contributed by atoms with E-state index in [1.807, 2.05) is 24.0 Å². The third-order valence-electron chi connectivity index (χ3n) is 5.11. The van der Waals surface area contributed by atoms with Crippen LogP contribution in [0.15, 0.2) is 53.2 Å². The number of aromatic nitrogens is 2. The van der Waals surface area contributed by atoms with Gasteiger partial charge in [0.15, 0.2) is 5.89 Å². The maximum atomic E-state index is 13.9. The van der Waals surface area contributed by atoms with Gasteiger partial charge in [-0.1, -0.05) is 18.2 Å². The molecule has 1 amide bonds. The van der Waals surface area contributed by atoms with E-state index in [1.165, 1.54) is 6.07 Å². The van der Waals surface area contributed by atoms with Crippen LogP contribution in [0.1, 0.15) is 52.0 Å². The number of rotatable bonds is 4. The van der Waals surface area contributed by atoms with Crippen molar-refractivity contribution in [3.8, 4) is 0 Å². The molecule has 1 aliphatic rings. The highest BCUT2D eigenvalue weighted by atomic mass is 19.1. The number of benzene rings is 1. The number of nitrogens with zero attached hydrogens (tertiary/aromatic N) is 3. The molecular weight excluding hydrogens is 357 g/mol. The Hall–Kier alpha value is -3.02. The van der Waals surface area contributed by atoms with Gasteiger partial charge in [-0.05, 0) is 43.5 Å². The zero-order valence-electron chi connectivity index (χ0n) is 15.8. The van der Waals surface area contributed by atoms with E-state index < -0.39 is 0 Å². The van der Waals surface area contributed by atoms with Gasteiger partial charge >= 0.3 is 0 Å². The van der Waals surface area contributed by atoms with E-state index in [1.54, 1.807) is 30.6 Å². The molecule has 2 aromatic heterocycles.